The van der Waals surface area contributed by atoms with E-state index in [0.29, 0.717) is 24.4 Å². The van der Waals surface area contributed by atoms with E-state index in [1.54, 1.807) is 12.1 Å². The maximum atomic E-state index is 12.6. The van der Waals surface area contributed by atoms with Gasteiger partial charge in [0.15, 0.2) is 0 Å². The molecule has 0 spiro atoms. The highest BCUT2D eigenvalue weighted by atomic mass is 16.5. The third-order valence-electron chi connectivity index (χ3n) is 5.08. The average molecular weight is 381 g/mol. The van der Waals surface area contributed by atoms with E-state index in [1.807, 2.05) is 50.1 Å². The summed E-state index contributed by atoms with van der Waals surface area (Å²) in [6.07, 6.45) is 0.965. The van der Waals surface area contributed by atoms with Gasteiger partial charge in [-0.05, 0) is 61.7 Å². The lowest BCUT2D eigenvalue weighted by Gasteiger charge is -2.33. The molecule has 0 aliphatic carbocycles. The molecule has 2 aromatic rings. The summed E-state index contributed by atoms with van der Waals surface area (Å²) in [6, 6.07) is 11.0. The van der Waals surface area contributed by atoms with Crippen LogP contribution in [0, 0.1) is 6.92 Å². The second-order valence-corrected chi connectivity index (χ2v) is 7.13. The summed E-state index contributed by atoms with van der Waals surface area (Å²) >= 11 is 0. The minimum absolute atomic E-state index is 0.0754. The Kier molecular flexibility index (Phi) is 5.87. The minimum atomic E-state index is -0.237. The van der Waals surface area contributed by atoms with Crippen LogP contribution in [0.1, 0.15) is 41.8 Å². The number of nitrogens with one attached hydrogen (secondary N) is 2. The number of likely N-dealkylation sites (N-methyl/N-ethyl adjacent to an activating group) is 1. The molecule has 28 heavy (non-hydrogen) atoms. The Bertz CT molecular complexity index is 895. The van der Waals surface area contributed by atoms with E-state index < -0.39 is 0 Å². The molecular weight excluding hydrogens is 354 g/mol. The maximum Gasteiger partial charge on any atom is 0.251 e. The Morgan fingerprint density at radius 2 is 2.04 bits per heavy atom. The number of benzene rings is 2. The summed E-state index contributed by atoms with van der Waals surface area (Å²) in [4.78, 5) is 26.5. The SMILES string of the molecule is CCCOc1ccc(CNC(=O)c2ccc3c(c2)NC(=O)C(C)N3C)c(C)c1. The van der Waals surface area contributed by atoms with Crippen molar-refractivity contribution in [2.75, 3.05) is 23.9 Å². The number of carbonyl (C=O) groups is 2. The van der Waals surface area contributed by atoms with E-state index in [-0.39, 0.29) is 17.9 Å². The van der Waals surface area contributed by atoms with Crippen LogP contribution in [0.4, 0.5) is 11.4 Å². The number of anilines is 2. The van der Waals surface area contributed by atoms with Crippen molar-refractivity contribution in [3.8, 4) is 5.75 Å². The van der Waals surface area contributed by atoms with Crippen LogP contribution in [-0.4, -0.2) is 31.5 Å². The number of hydrogen-bond acceptors (Lipinski definition) is 4. The molecule has 0 radical (unpaired) electrons. The molecule has 6 nitrogen and oxygen atoms in total. The Balaban J connectivity index is 1.67. The fourth-order valence-corrected chi connectivity index (χ4v) is 3.16. The molecule has 0 saturated carbocycles. The molecule has 0 saturated heterocycles. The Labute approximate surface area is 165 Å². The monoisotopic (exact) mass is 381 g/mol. The third kappa shape index (κ3) is 4.11. The lowest BCUT2D eigenvalue weighted by molar-refractivity contribution is -0.117. The third-order valence-corrected chi connectivity index (χ3v) is 5.08. The van der Waals surface area contributed by atoms with Crippen molar-refractivity contribution in [1.82, 2.24) is 5.32 Å². The van der Waals surface area contributed by atoms with E-state index in [0.717, 1.165) is 29.0 Å². The molecule has 1 atom stereocenters. The quantitative estimate of drug-likeness (QED) is 0.804. The fraction of sp³-hybridized carbons (Fsp3) is 0.364. The van der Waals surface area contributed by atoms with Gasteiger partial charge in [-0.2, -0.15) is 0 Å². The van der Waals surface area contributed by atoms with E-state index >= 15 is 0 Å². The Hall–Kier alpha value is -3.02. The summed E-state index contributed by atoms with van der Waals surface area (Å²) in [5, 5.41) is 5.82. The van der Waals surface area contributed by atoms with Crippen LogP contribution >= 0.6 is 0 Å². The lowest BCUT2D eigenvalue weighted by Crippen LogP contribution is -2.43. The highest BCUT2D eigenvalue weighted by molar-refractivity contribution is 6.05. The summed E-state index contributed by atoms with van der Waals surface area (Å²) in [5.74, 6) is 0.593. The highest BCUT2D eigenvalue weighted by Gasteiger charge is 2.27. The summed E-state index contributed by atoms with van der Waals surface area (Å²) in [5.41, 5.74) is 4.19. The van der Waals surface area contributed by atoms with Crippen LogP contribution < -0.4 is 20.3 Å². The zero-order valence-electron chi connectivity index (χ0n) is 16.8. The topological polar surface area (TPSA) is 70.7 Å². The minimum Gasteiger partial charge on any atom is -0.494 e. The van der Waals surface area contributed by atoms with Gasteiger partial charge in [-0.3, -0.25) is 9.59 Å². The highest BCUT2D eigenvalue weighted by Crippen LogP contribution is 2.31. The van der Waals surface area contributed by atoms with Gasteiger partial charge in [0, 0.05) is 19.2 Å². The van der Waals surface area contributed by atoms with Gasteiger partial charge in [0.25, 0.3) is 5.91 Å². The van der Waals surface area contributed by atoms with Crippen molar-refractivity contribution in [2.24, 2.45) is 0 Å². The molecule has 0 aromatic heterocycles. The van der Waals surface area contributed by atoms with Gasteiger partial charge in [-0.25, -0.2) is 0 Å². The molecule has 148 valence electrons. The fourth-order valence-electron chi connectivity index (χ4n) is 3.16. The standard InChI is InChI=1S/C22H27N3O3/c1-5-10-28-18-8-6-17(14(2)11-18)13-23-22(27)16-7-9-20-19(12-16)24-21(26)15(3)25(20)4/h6-9,11-12,15H,5,10,13H2,1-4H3,(H,23,27)(H,24,26). The summed E-state index contributed by atoms with van der Waals surface area (Å²) in [6.45, 7) is 7.05. The van der Waals surface area contributed by atoms with Gasteiger partial charge in [0.1, 0.15) is 11.8 Å². The number of ether oxygens (including phenoxy) is 1. The molecule has 0 bridgehead atoms. The van der Waals surface area contributed by atoms with E-state index in [2.05, 4.69) is 17.6 Å². The van der Waals surface area contributed by atoms with Gasteiger partial charge in [0.05, 0.1) is 18.0 Å². The van der Waals surface area contributed by atoms with Gasteiger partial charge < -0.3 is 20.3 Å². The van der Waals surface area contributed by atoms with Gasteiger partial charge >= 0.3 is 0 Å². The number of nitrogens with zero attached hydrogens (tertiary/aromatic N) is 1. The van der Waals surface area contributed by atoms with E-state index in [4.69, 9.17) is 4.74 Å². The first-order valence-corrected chi connectivity index (χ1v) is 9.59. The molecule has 6 heteroatoms. The normalized spacial score (nSPS) is 15.6. The van der Waals surface area contributed by atoms with Crippen LogP contribution in [0.3, 0.4) is 0 Å². The van der Waals surface area contributed by atoms with Crippen LogP contribution in [0.15, 0.2) is 36.4 Å². The second kappa shape index (κ2) is 8.33. The number of aryl methyl sites for hydroxylation is 1. The molecule has 1 heterocycles. The van der Waals surface area contributed by atoms with Crippen molar-refractivity contribution in [1.29, 1.82) is 0 Å². The smallest absolute Gasteiger partial charge is 0.251 e. The molecule has 1 aliphatic heterocycles. The largest absolute Gasteiger partial charge is 0.494 e. The number of carbonyl (C=O) groups excluding carboxylic acids is 2. The Morgan fingerprint density at radius 3 is 2.75 bits per heavy atom. The second-order valence-electron chi connectivity index (χ2n) is 7.13. The molecule has 2 aromatic carbocycles. The first-order valence-electron chi connectivity index (χ1n) is 9.59. The number of hydrogen-bond donors (Lipinski definition) is 2. The molecule has 2 amide bonds. The zero-order chi connectivity index (χ0) is 20.3. The molecule has 3 rings (SSSR count). The zero-order valence-corrected chi connectivity index (χ0v) is 16.8. The molecular formula is C22H27N3O3. The van der Waals surface area contributed by atoms with Crippen molar-refractivity contribution in [2.45, 2.75) is 39.8 Å². The average Bonchev–Trinajstić information content (AvgIpc) is 2.69. The first kappa shape index (κ1) is 19.7. The van der Waals surface area contributed by atoms with Crippen LogP contribution in [0.5, 0.6) is 5.75 Å². The summed E-state index contributed by atoms with van der Waals surface area (Å²) < 4.78 is 5.64. The van der Waals surface area contributed by atoms with Gasteiger partial charge in [-0.15, -0.1) is 0 Å². The van der Waals surface area contributed by atoms with E-state index in [1.165, 1.54) is 0 Å². The van der Waals surface area contributed by atoms with Crippen LogP contribution in [0.25, 0.3) is 0 Å². The van der Waals surface area contributed by atoms with Crippen LogP contribution in [-0.2, 0) is 11.3 Å². The number of amides is 2. The molecule has 1 unspecified atom stereocenters. The maximum absolute atomic E-state index is 12.6. The van der Waals surface area contributed by atoms with Gasteiger partial charge in [0.2, 0.25) is 5.91 Å². The predicted molar refractivity (Wildman–Crippen MR) is 111 cm³/mol. The first-order chi connectivity index (χ1) is 13.4. The van der Waals surface area contributed by atoms with Crippen LogP contribution in [0.2, 0.25) is 0 Å². The number of fused-ring (bicyclic) bond motifs is 1. The lowest BCUT2D eigenvalue weighted by atomic mass is 10.1. The summed E-state index contributed by atoms with van der Waals surface area (Å²) in [7, 11) is 1.87. The molecule has 0 fully saturated rings. The molecule has 1 aliphatic rings. The van der Waals surface area contributed by atoms with Crippen molar-refractivity contribution < 1.29 is 14.3 Å². The molecule has 2 N–H and O–H groups in total. The predicted octanol–water partition coefficient (Wildman–Crippen LogP) is 3.49. The number of rotatable bonds is 6. The Morgan fingerprint density at radius 1 is 1.25 bits per heavy atom. The van der Waals surface area contributed by atoms with E-state index in [9.17, 15) is 9.59 Å². The van der Waals surface area contributed by atoms with Crippen molar-refractivity contribution in [3.63, 3.8) is 0 Å². The van der Waals surface area contributed by atoms with Gasteiger partial charge in [-0.1, -0.05) is 13.0 Å². The van der Waals surface area contributed by atoms with Crippen molar-refractivity contribution in [3.05, 3.63) is 53.1 Å². The van der Waals surface area contributed by atoms with Crippen molar-refractivity contribution >= 4 is 23.2 Å².